The number of hydrogen-bond acceptors (Lipinski definition) is 3. The van der Waals surface area contributed by atoms with Gasteiger partial charge in [0.25, 0.3) is 0 Å². The normalized spacial score (nSPS) is 39.2. The number of aliphatic hydroxyl groups excluding tert-OH is 2. The minimum Gasteiger partial charge on any atom is -0.392 e. The van der Waals surface area contributed by atoms with Crippen LogP contribution < -0.4 is 0 Å². The van der Waals surface area contributed by atoms with Crippen molar-refractivity contribution in [1.29, 1.82) is 0 Å². The van der Waals surface area contributed by atoms with E-state index < -0.39 is 12.2 Å². The van der Waals surface area contributed by atoms with Gasteiger partial charge in [-0.3, -0.25) is 4.79 Å². The molecule has 5 atom stereocenters. The molecule has 0 aromatic rings. The highest BCUT2D eigenvalue weighted by molar-refractivity contribution is 5.92. The first kappa shape index (κ1) is 17.0. The smallest absolute Gasteiger partial charge is 0.139 e. The van der Waals surface area contributed by atoms with Gasteiger partial charge in [0.1, 0.15) is 11.9 Å². The first-order chi connectivity index (χ1) is 11.0. The molecule has 128 valence electrons. The first-order valence-corrected chi connectivity index (χ1v) is 9.37. The molecule has 0 spiro atoms. The Morgan fingerprint density at radius 2 is 1.87 bits per heavy atom. The first-order valence-electron chi connectivity index (χ1n) is 9.37. The highest BCUT2D eigenvalue weighted by atomic mass is 16.3. The summed E-state index contributed by atoms with van der Waals surface area (Å²) in [6.45, 7) is 4.23. The van der Waals surface area contributed by atoms with Gasteiger partial charge < -0.3 is 10.2 Å². The molecule has 2 N–H and O–H groups in total. The molecular weight excluding hydrogens is 288 g/mol. The third-order valence-electron chi connectivity index (χ3n) is 6.81. The van der Waals surface area contributed by atoms with E-state index in [2.05, 4.69) is 25.7 Å². The molecular formula is C20H30O3. The molecule has 3 aliphatic carbocycles. The quantitative estimate of drug-likeness (QED) is 0.770. The molecule has 0 saturated heterocycles. The van der Waals surface area contributed by atoms with Crippen molar-refractivity contribution in [3.63, 3.8) is 0 Å². The Labute approximate surface area is 139 Å². The van der Waals surface area contributed by atoms with Crippen molar-refractivity contribution in [1.82, 2.24) is 0 Å². The van der Waals surface area contributed by atoms with Crippen LogP contribution in [-0.4, -0.2) is 28.2 Å². The molecule has 0 aromatic heterocycles. The Balaban J connectivity index is 1.74. The van der Waals surface area contributed by atoms with Crippen LogP contribution in [0.2, 0.25) is 0 Å². The van der Waals surface area contributed by atoms with Crippen LogP contribution in [0.25, 0.3) is 0 Å². The maximum absolute atomic E-state index is 12.3. The monoisotopic (exact) mass is 318 g/mol. The summed E-state index contributed by atoms with van der Waals surface area (Å²) in [5, 5.41) is 20.8. The van der Waals surface area contributed by atoms with Gasteiger partial charge in [0.2, 0.25) is 0 Å². The highest BCUT2D eigenvalue weighted by Gasteiger charge is 2.61. The summed E-state index contributed by atoms with van der Waals surface area (Å²) in [4.78, 5) is 12.3. The van der Waals surface area contributed by atoms with Gasteiger partial charge in [-0.05, 0) is 43.4 Å². The van der Waals surface area contributed by atoms with Crippen molar-refractivity contribution >= 4 is 5.78 Å². The third kappa shape index (κ3) is 2.85. The average molecular weight is 318 g/mol. The zero-order valence-corrected chi connectivity index (χ0v) is 14.4. The van der Waals surface area contributed by atoms with Gasteiger partial charge in [-0.2, -0.15) is 0 Å². The van der Waals surface area contributed by atoms with Crippen LogP contribution in [0.15, 0.2) is 0 Å². The summed E-state index contributed by atoms with van der Waals surface area (Å²) in [6, 6.07) is 0. The molecule has 3 aliphatic rings. The molecule has 3 nitrogen and oxygen atoms in total. The van der Waals surface area contributed by atoms with E-state index in [1.807, 2.05) is 0 Å². The van der Waals surface area contributed by atoms with Crippen LogP contribution in [0.3, 0.4) is 0 Å². The zero-order valence-electron chi connectivity index (χ0n) is 14.4. The molecule has 0 radical (unpaired) electrons. The van der Waals surface area contributed by atoms with Gasteiger partial charge in [-0.1, -0.05) is 45.0 Å². The number of carbonyl (C=O) groups excluding carboxylic acids is 1. The fraction of sp³-hybridized carbons (Fsp3) is 0.850. The van der Waals surface area contributed by atoms with Gasteiger partial charge in [0, 0.05) is 11.8 Å². The molecule has 23 heavy (non-hydrogen) atoms. The van der Waals surface area contributed by atoms with Crippen molar-refractivity contribution in [2.45, 2.75) is 77.4 Å². The Morgan fingerprint density at radius 3 is 2.48 bits per heavy atom. The number of ketones is 1. The summed E-state index contributed by atoms with van der Waals surface area (Å²) >= 11 is 0. The molecule has 0 amide bonds. The summed E-state index contributed by atoms with van der Waals surface area (Å²) in [5.41, 5.74) is -0.269. The Kier molecular flexibility index (Phi) is 4.85. The molecule has 3 saturated carbocycles. The van der Waals surface area contributed by atoms with Gasteiger partial charge in [0.15, 0.2) is 0 Å². The van der Waals surface area contributed by atoms with Crippen LogP contribution in [-0.2, 0) is 4.79 Å². The van der Waals surface area contributed by atoms with E-state index in [1.54, 1.807) is 0 Å². The van der Waals surface area contributed by atoms with E-state index in [-0.39, 0.29) is 23.2 Å². The van der Waals surface area contributed by atoms with E-state index in [1.165, 1.54) is 19.3 Å². The Bertz CT molecular complexity index is 509. The summed E-state index contributed by atoms with van der Waals surface area (Å²) in [5.74, 6) is 7.20. The van der Waals surface area contributed by atoms with Gasteiger partial charge >= 0.3 is 0 Å². The molecule has 3 rings (SSSR count). The maximum Gasteiger partial charge on any atom is 0.139 e. The minimum absolute atomic E-state index is 0.151. The largest absolute Gasteiger partial charge is 0.392 e. The van der Waals surface area contributed by atoms with E-state index in [4.69, 9.17) is 0 Å². The molecule has 0 bridgehead atoms. The molecule has 0 unspecified atom stereocenters. The third-order valence-corrected chi connectivity index (χ3v) is 6.81. The fourth-order valence-electron chi connectivity index (χ4n) is 5.24. The molecule has 3 fully saturated rings. The van der Waals surface area contributed by atoms with E-state index >= 15 is 0 Å². The lowest BCUT2D eigenvalue weighted by Gasteiger charge is -2.57. The van der Waals surface area contributed by atoms with Gasteiger partial charge in [-0.25, -0.2) is 0 Å². The maximum atomic E-state index is 12.3. The average Bonchev–Trinajstić information content (AvgIpc) is 2.54. The highest BCUT2D eigenvalue weighted by Crippen LogP contribution is 2.59. The van der Waals surface area contributed by atoms with Crippen molar-refractivity contribution in [3.05, 3.63) is 0 Å². The van der Waals surface area contributed by atoms with Crippen molar-refractivity contribution < 1.29 is 15.0 Å². The molecule has 0 aliphatic heterocycles. The Morgan fingerprint density at radius 1 is 1.17 bits per heavy atom. The van der Waals surface area contributed by atoms with Crippen LogP contribution in [0.4, 0.5) is 0 Å². The molecule has 0 heterocycles. The summed E-state index contributed by atoms with van der Waals surface area (Å²) in [6.07, 6.45) is 6.71. The second-order valence-electron chi connectivity index (χ2n) is 8.19. The topological polar surface area (TPSA) is 57.5 Å². The van der Waals surface area contributed by atoms with Gasteiger partial charge in [-0.15, -0.1) is 0 Å². The fourth-order valence-corrected chi connectivity index (χ4v) is 5.24. The van der Waals surface area contributed by atoms with Crippen molar-refractivity contribution in [2.75, 3.05) is 0 Å². The van der Waals surface area contributed by atoms with E-state index in [9.17, 15) is 15.0 Å². The number of Topliss-reactive ketones (excluding diaryl/α,β-unsaturated/α-hetero) is 1. The standard InChI is InChI=1S/C20H30O3/c1-13(2)20-11-10-18(22)15(16(20)12-19(20)23)8-9-17(21)14-6-4-3-5-7-14/h13-18,21-22H,3-7,10-12H2,1-2H3/t15-,16-,17+,18-,20-/m0/s1. The number of rotatable bonds is 2. The predicted molar refractivity (Wildman–Crippen MR) is 89.5 cm³/mol. The zero-order chi connectivity index (χ0) is 16.6. The predicted octanol–water partition coefficient (Wildman–Crippen LogP) is 2.93. The number of aliphatic hydroxyl groups is 2. The Hall–Kier alpha value is -0.850. The summed E-state index contributed by atoms with van der Waals surface area (Å²) in [7, 11) is 0. The van der Waals surface area contributed by atoms with Gasteiger partial charge in [0.05, 0.1) is 12.0 Å². The lowest BCUT2D eigenvalue weighted by atomic mass is 9.45. The lowest BCUT2D eigenvalue weighted by molar-refractivity contribution is -0.167. The number of fused-ring (bicyclic) bond motifs is 1. The van der Waals surface area contributed by atoms with E-state index in [0.29, 0.717) is 24.5 Å². The number of hydrogen-bond donors (Lipinski definition) is 2. The summed E-state index contributed by atoms with van der Waals surface area (Å²) < 4.78 is 0. The van der Waals surface area contributed by atoms with Crippen LogP contribution in [0.5, 0.6) is 0 Å². The second-order valence-corrected chi connectivity index (χ2v) is 8.19. The molecule has 3 heteroatoms. The minimum atomic E-state index is -0.575. The second kappa shape index (κ2) is 6.57. The van der Waals surface area contributed by atoms with Crippen LogP contribution in [0, 0.1) is 40.9 Å². The SMILES string of the molecule is CC(C)[C@@]12CC[C@H](O)[C@@H](C#C[C@@H](O)C3CCCCC3)[C@@H]1CC2=O. The van der Waals surface area contributed by atoms with Crippen LogP contribution >= 0.6 is 0 Å². The number of carbonyl (C=O) groups is 1. The lowest BCUT2D eigenvalue weighted by Crippen LogP contribution is -2.60. The van der Waals surface area contributed by atoms with Crippen LogP contribution in [0.1, 0.15) is 65.2 Å². The molecule has 0 aromatic carbocycles. The van der Waals surface area contributed by atoms with E-state index in [0.717, 1.165) is 19.3 Å². The van der Waals surface area contributed by atoms with Crippen molar-refractivity contribution in [2.24, 2.45) is 29.1 Å². The van der Waals surface area contributed by atoms with Crippen molar-refractivity contribution in [3.8, 4) is 11.8 Å².